The van der Waals surface area contributed by atoms with Gasteiger partial charge in [-0.3, -0.25) is 4.79 Å². The first-order chi connectivity index (χ1) is 13.2. The summed E-state index contributed by atoms with van der Waals surface area (Å²) in [6.45, 7) is 3.99. The van der Waals surface area contributed by atoms with Crippen molar-refractivity contribution in [2.45, 2.75) is 19.8 Å². The molecule has 0 unspecified atom stereocenters. The largest absolute Gasteiger partial charge is 0.459 e. The molecule has 2 aromatic heterocycles. The van der Waals surface area contributed by atoms with Gasteiger partial charge in [0.05, 0.1) is 6.26 Å². The molecular weight excluding hydrogens is 342 g/mol. The Balaban J connectivity index is 1.44. The van der Waals surface area contributed by atoms with Crippen molar-refractivity contribution in [1.29, 1.82) is 0 Å². The van der Waals surface area contributed by atoms with Gasteiger partial charge in [-0.05, 0) is 56.2 Å². The summed E-state index contributed by atoms with van der Waals surface area (Å²) in [5.74, 6) is 1.54. The number of benzene rings is 1. The molecule has 0 aliphatic carbocycles. The first-order valence-electron chi connectivity index (χ1n) is 9.00. The van der Waals surface area contributed by atoms with Gasteiger partial charge in [-0.2, -0.15) is 4.98 Å². The molecule has 0 radical (unpaired) electrons. The predicted molar refractivity (Wildman–Crippen MR) is 105 cm³/mol. The number of aromatic nitrogens is 2. The Morgan fingerprint density at radius 2 is 1.81 bits per heavy atom. The van der Waals surface area contributed by atoms with Crippen molar-refractivity contribution in [3.63, 3.8) is 0 Å². The lowest BCUT2D eigenvalue weighted by molar-refractivity contribution is 0.0996. The first-order valence-corrected chi connectivity index (χ1v) is 9.00. The van der Waals surface area contributed by atoms with E-state index in [1.807, 2.05) is 37.3 Å². The number of carbonyl (C=O) groups excluding carboxylic acids is 1. The fraction of sp³-hybridized carbons (Fsp3) is 0.250. The normalized spacial score (nSPS) is 13.6. The van der Waals surface area contributed by atoms with Crippen LogP contribution in [0.25, 0.3) is 0 Å². The van der Waals surface area contributed by atoms with Gasteiger partial charge in [0.25, 0.3) is 5.91 Å². The molecule has 138 valence electrons. The van der Waals surface area contributed by atoms with Gasteiger partial charge in [-0.25, -0.2) is 4.98 Å². The van der Waals surface area contributed by atoms with Crippen LogP contribution >= 0.6 is 0 Å². The molecule has 0 saturated carbocycles. The Labute approximate surface area is 157 Å². The zero-order valence-corrected chi connectivity index (χ0v) is 15.1. The summed E-state index contributed by atoms with van der Waals surface area (Å²) in [5, 5.41) is 6.11. The Hall–Kier alpha value is -3.35. The second kappa shape index (κ2) is 7.49. The number of furan rings is 1. The van der Waals surface area contributed by atoms with Gasteiger partial charge in [0.15, 0.2) is 5.76 Å². The summed E-state index contributed by atoms with van der Waals surface area (Å²) in [6.07, 6.45) is 3.85. The van der Waals surface area contributed by atoms with Crippen molar-refractivity contribution in [2.24, 2.45) is 0 Å². The fourth-order valence-corrected chi connectivity index (χ4v) is 3.06. The second-order valence-electron chi connectivity index (χ2n) is 6.52. The molecule has 4 rings (SSSR count). The lowest BCUT2D eigenvalue weighted by Gasteiger charge is -2.17. The van der Waals surface area contributed by atoms with Gasteiger partial charge in [-0.1, -0.05) is 0 Å². The molecule has 1 fully saturated rings. The fourth-order valence-electron chi connectivity index (χ4n) is 3.06. The van der Waals surface area contributed by atoms with E-state index in [1.165, 1.54) is 19.1 Å². The van der Waals surface area contributed by atoms with Gasteiger partial charge in [0, 0.05) is 36.2 Å². The van der Waals surface area contributed by atoms with Crippen molar-refractivity contribution in [1.82, 2.24) is 9.97 Å². The van der Waals surface area contributed by atoms with E-state index >= 15 is 0 Å². The number of hydrogen-bond acceptors (Lipinski definition) is 6. The molecule has 2 N–H and O–H groups in total. The van der Waals surface area contributed by atoms with Gasteiger partial charge in [0.2, 0.25) is 5.95 Å². The van der Waals surface area contributed by atoms with Gasteiger partial charge >= 0.3 is 0 Å². The highest BCUT2D eigenvalue weighted by Gasteiger charge is 2.16. The zero-order valence-electron chi connectivity index (χ0n) is 15.1. The van der Waals surface area contributed by atoms with E-state index in [9.17, 15) is 4.79 Å². The average Bonchev–Trinajstić information content (AvgIpc) is 3.37. The minimum atomic E-state index is -0.276. The van der Waals surface area contributed by atoms with Gasteiger partial charge in [-0.15, -0.1) is 0 Å². The molecule has 7 nitrogen and oxygen atoms in total. The van der Waals surface area contributed by atoms with E-state index in [0.29, 0.717) is 5.69 Å². The van der Waals surface area contributed by atoms with Crippen molar-refractivity contribution in [3.05, 3.63) is 60.2 Å². The second-order valence-corrected chi connectivity index (χ2v) is 6.52. The first kappa shape index (κ1) is 17.1. The third kappa shape index (κ3) is 4.08. The van der Waals surface area contributed by atoms with Crippen molar-refractivity contribution in [2.75, 3.05) is 28.6 Å². The van der Waals surface area contributed by atoms with Crippen LogP contribution in [-0.4, -0.2) is 29.0 Å². The van der Waals surface area contributed by atoms with Crippen molar-refractivity contribution >= 4 is 29.0 Å². The standard InChI is InChI=1S/C20H21N5O2/c1-14-13-18(24-20(21-14)25-10-2-3-11-25)22-15-6-8-16(9-7-15)23-19(26)17-5-4-12-27-17/h4-9,12-13H,2-3,10-11H2,1H3,(H,23,26)(H,21,22,24). The highest BCUT2D eigenvalue weighted by molar-refractivity contribution is 6.02. The smallest absolute Gasteiger partial charge is 0.291 e. The molecular formula is C20H21N5O2. The summed E-state index contributed by atoms with van der Waals surface area (Å²) in [4.78, 5) is 23.4. The average molecular weight is 363 g/mol. The molecule has 1 saturated heterocycles. The molecule has 7 heteroatoms. The molecule has 1 aliphatic heterocycles. The SMILES string of the molecule is Cc1cc(Nc2ccc(NC(=O)c3ccco3)cc2)nc(N2CCCC2)n1. The van der Waals surface area contributed by atoms with Crippen LogP contribution in [0.5, 0.6) is 0 Å². The highest BCUT2D eigenvalue weighted by atomic mass is 16.3. The number of nitrogens with zero attached hydrogens (tertiary/aromatic N) is 3. The van der Waals surface area contributed by atoms with Crippen LogP contribution in [0, 0.1) is 6.92 Å². The van der Waals surface area contributed by atoms with Crippen molar-refractivity contribution < 1.29 is 9.21 Å². The van der Waals surface area contributed by atoms with Gasteiger partial charge < -0.3 is 20.0 Å². The summed E-state index contributed by atoms with van der Waals surface area (Å²) in [5.41, 5.74) is 2.51. The van der Waals surface area contributed by atoms with E-state index in [0.717, 1.165) is 36.2 Å². The number of aryl methyl sites for hydroxylation is 1. The van der Waals surface area contributed by atoms with Crippen molar-refractivity contribution in [3.8, 4) is 0 Å². The molecule has 3 heterocycles. The number of amides is 1. The van der Waals surface area contributed by atoms with E-state index in [-0.39, 0.29) is 11.7 Å². The maximum atomic E-state index is 12.0. The Morgan fingerprint density at radius 1 is 1.07 bits per heavy atom. The third-order valence-electron chi connectivity index (χ3n) is 4.39. The van der Waals surface area contributed by atoms with E-state index in [1.54, 1.807) is 12.1 Å². The number of nitrogens with one attached hydrogen (secondary N) is 2. The molecule has 1 amide bonds. The van der Waals surface area contributed by atoms with Crippen LogP contribution in [0.3, 0.4) is 0 Å². The number of rotatable bonds is 5. The molecule has 3 aromatic rings. The predicted octanol–water partition coefficient (Wildman–Crippen LogP) is 3.97. The summed E-state index contributed by atoms with van der Waals surface area (Å²) < 4.78 is 5.09. The minimum absolute atomic E-state index is 0.276. The number of carbonyl (C=O) groups is 1. The molecule has 0 atom stereocenters. The Kier molecular flexibility index (Phi) is 4.74. The summed E-state index contributed by atoms with van der Waals surface area (Å²) in [7, 11) is 0. The van der Waals surface area contributed by atoms with Crippen LogP contribution in [0.4, 0.5) is 23.1 Å². The zero-order chi connectivity index (χ0) is 18.6. The van der Waals surface area contributed by atoms with E-state index in [4.69, 9.17) is 4.42 Å². The van der Waals surface area contributed by atoms with E-state index in [2.05, 4.69) is 25.5 Å². The quantitative estimate of drug-likeness (QED) is 0.713. The van der Waals surface area contributed by atoms with Crippen LogP contribution < -0.4 is 15.5 Å². The summed E-state index contributed by atoms with van der Waals surface area (Å²) in [6, 6.07) is 12.7. The maximum absolute atomic E-state index is 12.0. The lowest BCUT2D eigenvalue weighted by Crippen LogP contribution is -2.21. The lowest BCUT2D eigenvalue weighted by atomic mass is 10.2. The highest BCUT2D eigenvalue weighted by Crippen LogP contribution is 2.22. The topological polar surface area (TPSA) is 83.3 Å². The van der Waals surface area contributed by atoms with Gasteiger partial charge in [0.1, 0.15) is 5.82 Å². The molecule has 27 heavy (non-hydrogen) atoms. The molecule has 0 spiro atoms. The number of anilines is 4. The summed E-state index contributed by atoms with van der Waals surface area (Å²) >= 11 is 0. The van der Waals surface area contributed by atoms with E-state index < -0.39 is 0 Å². The van der Waals surface area contributed by atoms with Crippen LogP contribution in [0.15, 0.2) is 53.1 Å². The maximum Gasteiger partial charge on any atom is 0.291 e. The molecule has 1 aromatic carbocycles. The molecule has 1 aliphatic rings. The van der Waals surface area contributed by atoms with Crippen LogP contribution in [0.1, 0.15) is 29.1 Å². The minimum Gasteiger partial charge on any atom is -0.459 e. The van der Waals surface area contributed by atoms with Crippen LogP contribution in [0.2, 0.25) is 0 Å². The number of hydrogen-bond donors (Lipinski definition) is 2. The molecule has 0 bridgehead atoms. The monoisotopic (exact) mass is 363 g/mol. The van der Waals surface area contributed by atoms with Crippen LogP contribution in [-0.2, 0) is 0 Å². The Morgan fingerprint density at radius 3 is 2.52 bits per heavy atom. The Bertz CT molecular complexity index is 916. The third-order valence-corrected chi connectivity index (χ3v) is 4.39.